The van der Waals surface area contributed by atoms with Crippen LogP contribution in [0.2, 0.25) is 5.02 Å². The summed E-state index contributed by atoms with van der Waals surface area (Å²) in [4.78, 5) is 29.9. The number of aryl methyl sites for hydroxylation is 1. The fourth-order valence-electron chi connectivity index (χ4n) is 6.04. The molecule has 14 heteroatoms. The standard InChI is InChI=1S/C30H34ClF4N7O2/c1-17-13-22(36)37-27(24(17)30(33,34)35)23-21(31)14-20-26(25(23)32)38-29(44-16-19-7-6-8-40(19)3)39-28(20)42-11-10-41(15-18(42)2)9-4-5-12-43/h4-5,12-14,18-19H,6-11,15-16H2,1-3H3,(H2,36,37)/b5-4+. The van der Waals surface area contributed by atoms with Crippen LogP contribution in [0.15, 0.2) is 24.3 Å². The zero-order valence-corrected chi connectivity index (χ0v) is 25.4. The molecule has 236 valence electrons. The fourth-order valence-corrected chi connectivity index (χ4v) is 6.32. The zero-order valence-electron chi connectivity index (χ0n) is 24.7. The SMILES string of the molecule is Cc1cc(N)nc(-c2c(Cl)cc3c(N4CCN(C/C=C/C=O)CC4C)nc(OCC4CCCN4C)nc3c2F)c1C(F)(F)F. The first-order valence-electron chi connectivity index (χ1n) is 14.4. The Bertz CT molecular complexity index is 1590. The van der Waals surface area contributed by atoms with Gasteiger partial charge in [-0.2, -0.15) is 23.1 Å². The van der Waals surface area contributed by atoms with Gasteiger partial charge in [0.05, 0.1) is 21.8 Å². The Morgan fingerprint density at radius 2 is 1.95 bits per heavy atom. The highest BCUT2D eigenvalue weighted by Crippen LogP contribution is 2.44. The van der Waals surface area contributed by atoms with Crippen LogP contribution in [0.4, 0.5) is 29.2 Å². The quantitative estimate of drug-likeness (QED) is 0.205. The fraction of sp³-hybridized carbons (Fsp3) is 0.467. The first-order valence-corrected chi connectivity index (χ1v) is 14.7. The third-order valence-corrected chi connectivity index (χ3v) is 8.54. The predicted octanol–water partition coefficient (Wildman–Crippen LogP) is 5.13. The number of carbonyl (C=O) groups excluding carboxylic acids is 1. The lowest BCUT2D eigenvalue weighted by Gasteiger charge is -2.40. The first kappa shape index (κ1) is 31.9. The van der Waals surface area contributed by atoms with E-state index < -0.39 is 28.8 Å². The summed E-state index contributed by atoms with van der Waals surface area (Å²) in [5.41, 5.74) is 2.99. The number of piperazine rings is 1. The van der Waals surface area contributed by atoms with Crippen LogP contribution in [0.25, 0.3) is 22.2 Å². The van der Waals surface area contributed by atoms with Gasteiger partial charge in [-0.1, -0.05) is 17.7 Å². The van der Waals surface area contributed by atoms with Crippen LogP contribution in [-0.2, 0) is 11.0 Å². The van der Waals surface area contributed by atoms with E-state index in [4.69, 9.17) is 22.1 Å². The normalized spacial score (nSPS) is 20.2. The number of nitrogen functional groups attached to an aromatic ring is 1. The van der Waals surface area contributed by atoms with E-state index in [2.05, 4.69) is 24.8 Å². The summed E-state index contributed by atoms with van der Waals surface area (Å²) < 4.78 is 65.2. The van der Waals surface area contributed by atoms with Gasteiger partial charge in [0.1, 0.15) is 30.0 Å². The number of benzene rings is 1. The van der Waals surface area contributed by atoms with Gasteiger partial charge in [-0.25, -0.2) is 9.37 Å². The predicted molar refractivity (Wildman–Crippen MR) is 161 cm³/mol. The van der Waals surface area contributed by atoms with E-state index in [1.165, 1.54) is 19.1 Å². The Morgan fingerprint density at radius 1 is 1.18 bits per heavy atom. The summed E-state index contributed by atoms with van der Waals surface area (Å²) in [6.07, 6.45) is 1.04. The number of hydrogen-bond donors (Lipinski definition) is 1. The van der Waals surface area contributed by atoms with Crippen LogP contribution < -0.4 is 15.4 Å². The van der Waals surface area contributed by atoms with Crippen molar-refractivity contribution in [2.45, 2.75) is 44.9 Å². The Balaban J connectivity index is 1.64. The number of likely N-dealkylation sites (N-methyl/N-ethyl adjacent to an activating group) is 1. The molecule has 0 radical (unpaired) electrons. The van der Waals surface area contributed by atoms with Gasteiger partial charge in [0.25, 0.3) is 0 Å². The average molecular weight is 636 g/mol. The number of nitrogens with zero attached hydrogens (tertiary/aromatic N) is 6. The second-order valence-corrected chi connectivity index (χ2v) is 11.7. The maximum Gasteiger partial charge on any atom is 0.418 e. The molecule has 1 aromatic carbocycles. The summed E-state index contributed by atoms with van der Waals surface area (Å²) in [6.45, 7) is 6.74. The molecule has 0 saturated carbocycles. The highest BCUT2D eigenvalue weighted by atomic mass is 35.5. The first-order chi connectivity index (χ1) is 20.9. The van der Waals surface area contributed by atoms with Crippen molar-refractivity contribution in [3.8, 4) is 17.3 Å². The Labute approximate surface area is 257 Å². The molecule has 5 rings (SSSR count). The van der Waals surface area contributed by atoms with Gasteiger partial charge < -0.3 is 20.3 Å². The van der Waals surface area contributed by atoms with Crippen molar-refractivity contribution in [3.05, 3.63) is 46.3 Å². The average Bonchev–Trinajstić information content (AvgIpc) is 3.35. The number of alkyl halides is 3. The van der Waals surface area contributed by atoms with Gasteiger partial charge in [0.2, 0.25) is 0 Å². The zero-order chi connectivity index (χ0) is 31.8. The van der Waals surface area contributed by atoms with Gasteiger partial charge >= 0.3 is 12.2 Å². The minimum absolute atomic E-state index is 0.0868. The number of hydrogen-bond acceptors (Lipinski definition) is 9. The molecule has 9 nitrogen and oxygen atoms in total. The van der Waals surface area contributed by atoms with Gasteiger partial charge in [0, 0.05) is 43.6 Å². The molecule has 0 aliphatic carbocycles. The lowest BCUT2D eigenvalue weighted by Crippen LogP contribution is -2.52. The molecule has 0 spiro atoms. The topological polar surface area (TPSA) is 101 Å². The Hall–Kier alpha value is -3.55. The number of nitrogens with two attached hydrogens (primary N) is 1. The largest absolute Gasteiger partial charge is 0.462 e. The van der Waals surface area contributed by atoms with Crippen molar-refractivity contribution >= 4 is 40.4 Å². The number of anilines is 2. The van der Waals surface area contributed by atoms with Crippen LogP contribution in [-0.4, -0.2) is 89.5 Å². The van der Waals surface area contributed by atoms with Crippen LogP contribution in [0, 0.1) is 12.7 Å². The molecule has 2 atom stereocenters. The molecule has 2 saturated heterocycles. The van der Waals surface area contributed by atoms with Crippen LogP contribution in [0.1, 0.15) is 30.9 Å². The minimum atomic E-state index is -4.85. The van der Waals surface area contributed by atoms with Crippen molar-refractivity contribution in [2.75, 3.05) is 57.0 Å². The lowest BCUT2D eigenvalue weighted by molar-refractivity contribution is -0.137. The molecule has 2 N–H and O–H groups in total. The number of likely N-dealkylation sites (tertiary alicyclic amines) is 1. The molecule has 4 heterocycles. The highest BCUT2D eigenvalue weighted by Gasteiger charge is 2.39. The Kier molecular flexibility index (Phi) is 9.28. The summed E-state index contributed by atoms with van der Waals surface area (Å²) in [5, 5.41) is -0.0497. The van der Waals surface area contributed by atoms with Crippen molar-refractivity contribution in [3.63, 3.8) is 0 Å². The molecule has 2 aromatic heterocycles. The molecule has 2 fully saturated rings. The number of fused-ring (bicyclic) bond motifs is 1. The molecule has 3 aromatic rings. The van der Waals surface area contributed by atoms with E-state index in [-0.39, 0.29) is 52.0 Å². The smallest absolute Gasteiger partial charge is 0.418 e. The maximum absolute atomic E-state index is 16.6. The molecule has 2 aliphatic heterocycles. The Morgan fingerprint density at radius 3 is 2.61 bits per heavy atom. The van der Waals surface area contributed by atoms with Crippen molar-refractivity contribution in [2.24, 2.45) is 0 Å². The van der Waals surface area contributed by atoms with Crippen molar-refractivity contribution in [1.82, 2.24) is 24.8 Å². The summed E-state index contributed by atoms with van der Waals surface area (Å²) in [5.74, 6) is -0.920. The van der Waals surface area contributed by atoms with Crippen molar-refractivity contribution < 1.29 is 27.1 Å². The highest BCUT2D eigenvalue weighted by molar-refractivity contribution is 6.34. The van der Waals surface area contributed by atoms with E-state index in [0.29, 0.717) is 32.0 Å². The summed E-state index contributed by atoms with van der Waals surface area (Å²) >= 11 is 6.57. The number of allylic oxidation sites excluding steroid dienone is 1. The van der Waals surface area contributed by atoms with Crippen molar-refractivity contribution in [1.29, 1.82) is 0 Å². The van der Waals surface area contributed by atoms with Gasteiger partial charge in [-0.05, 0) is 64.1 Å². The maximum atomic E-state index is 16.6. The lowest BCUT2D eigenvalue weighted by atomic mass is 9.99. The molecule has 0 bridgehead atoms. The minimum Gasteiger partial charge on any atom is -0.462 e. The van der Waals surface area contributed by atoms with Crippen LogP contribution in [0.3, 0.4) is 0 Å². The second-order valence-electron chi connectivity index (χ2n) is 11.3. The second kappa shape index (κ2) is 12.8. The molecule has 0 amide bonds. The van der Waals surface area contributed by atoms with Gasteiger partial charge in [0.15, 0.2) is 5.82 Å². The molecular weight excluding hydrogens is 602 g/mol. The summed E-state index contributed by atoms with van der Waals surface area (Å²) in [7, 11) is 1.99. The monoisotopic (exact) mass is 635 g/mol. The van der Waals surface area contributed by atoms with Crippen LogP contribution >= 0.6 is 11.6 Å². The summed E-state index contributed by atoms with van der Waals surface area (Å²) in [6, 6.07) is 2.40. The van der Waals surface area contributed by atoms with Gasteiger partial charge in [-0.15, -0.1) is 0 Å². The van der Waals surface area contributed by atoms with E-state index >= 15 is 4.39 Å². The number of aromatic nitrogens is 3. The molecular formula is C30H34ClF4N7O2. The number of rotatable bonds is 8. The number of ether oxygens (including phenoxy) is 1. The van der Waals surface area contributed by atoms with E-state index in [0.717, 1.165) is 31.7 Å². The third kappa shape index (κ3) is 6.45. The van der Waals surface area contributed by atoms with E-state index in [1.54, 1.807) is 6.08 Å². The number of halogens is 5. The molecule has 44 heavy (non-hydrogen) atoms. The number of carbonyl (C=O) groups is 1. The molecule has 2 aliphatic rings. The van der Waals surface area contributed by atoms with E-state index in [1.807, 2.05) is 18.9 Å². The van der Waals surface area contributed by atoms with Crippen LogP contribution in [0.5, 0.6) is 6.01 Å². The molecule has 2 unspecified atom stereocenters. The number of aldehydes is 1. The third-order valence-electron chi connectivity index (χ3n) is 8.24. The van der Waals surface area contributed by atoms with Gasteiger partial charge in [-0.3, -0.25) is 9.69 Å². The van der Waals surface area contributed by atoms with E-state index in [9.17, 15) is 18.0 Å². The number of pyridine rings is 1.